The Kier molecular flexibility index (Phi) is 7.31. The molecule has 7 aromatic carbocycles. The maximum Gasteiger partial charge on any atom is 0.197 e. The standard InChI is InChI=1S/C48H38BN2O/c1-3-4-13-30(2)31-22-25-35(26-23-31)50-41-27-24-33-16-8-9-17-36(33)44(41)39-28-34(32-14-6-5-7-15-32)29-42-45(39)49-40-20-12-19-38-46(40)51(42)47-37-18-10-11-21-43(37)52-48(38)47/h5-12,14-30,50H,3-4,13H2,1-2H3. The largest absolute Gasteiger partial charge is 0.454 e. The lowest BCUT2D eigenvalue weighted by atomic mass is 9.58. The zero-order valence-corrected chi connectivity index (χ0v) is 29.5. The number of nitrogens with zero attached hydrogens (tertiary/aromatic N) is 1. The van der Waals surface area contributed by atoms with Crippen LogP contribution >= 0.6 is 0 Å². The van der Waals surface area contributed by atoms with Crippen LogP contribution in [0.3, 0.4) is 0 Å². The number of nitrogens with one attached hydrogen (secondary N) is 1. The number of rotatable bonds is 8. The molecule has 3 nitrogen and oxygen atoms in total. The average Bonchev–Trinajstić information content (AvgIpc) is 3.74. The summed E-state index contributed by atoms with van der Waals surface area (Å²) in [6, 6.07) is 52.9. The highest BCUT2D eigenvalue weighted by atomic mass is 16.3. The molecular formula is C48H38BN2O. The van der Waals surface area contributed by atoms with Gasteiger partial charge in [0.15, 0.2) is 12.9 Å². The highest BCUT2D eigenvalue weighted by Gasteiger charge is 2.29. The van der Waals surface area contributed by atoms with Gasteiger partial charge in [0.1, 0.15) is 11.1 Å². The third kappa shape index (κ3) is 4.89. The summed E-state index contributed by atoms with van der Waals surface area (Å²) < 4.78 is 9.08. The predicted molar refractivity (Wildman–Crippen MR) is 222 cm³/mol. The summed E-state index contributed by atoms with van der Waals surface area (Å²) in [5, 5.41) is 8.58. The Balaban J connectivity index is 1.24. The molecule has 1 radical (unpaired) electrons. The molecule has 4 heteroatoms. The fourth-order valence-electron chi connectivity index (χ4n) is 8.43. The van der Waals surface area contributed by atoms with Crippen molar-refractivity contribution in [1.82, 2.24) is 4.57 Å². The smallest absolute Gasteiger partial charge is 0.197 e. The fraction of sp³-hybridized carbons (Fsp3) is 0.125. The number of unbranched alkanes of at least 4 members (excludes halogenated alkanes) is 1. The number of anilines is 2. The van der Waals surface area contributed by atoms with Gasteiger partial charge in [-0.25, -0.2) is 0 Å². The number of para-hydroxylation sites is 2. The van der Waals surface area contributed by atoms with Crippen molar-refractivity contribution in [2.75, 3.05) is 5.32 Å². The minimum absolute atomic E-state index is 0.551. The number of aromatic nitrogens is 1. The van der Waals surface area contributed by atoms with Crippen LogP contribution in [0, 0.1) is 0 Å². The summed E-state index contributed by atoms with van der Waals surface area (Å²) in [6.45, 7) is 4.61. The summed E-state index contributed by atoms with van der Waals surface area (Å²) in [7, 11) is 2.39. The maximum absolute atomic E-state index is 6.62. The third-order valence-electron chi connectivity index (χ3n) is 11.1. The Morgan fingerprint density at radius 2 is 1.46 bits per heavy atom. The first-order valence-corrected chi connectivity index (χ1v) is 18.6. The monoisotopic (exact) mass is 669 g/mol. The first-order chi connectivity index (χ1) is 25.7. The van der Waals surface area contributed by atoms with Crippen molar-refractivity contribution in [2.45, 2.75) is 39.0 Å². The second-order valence-electron chi connectivity index (χ2n) is 14.3. The molecule has 1 aliphatic heterocycles. The SMILES string of the molecule is CCCCC(C)c1ccc(Nc2ccc3ccccc3c2-c2cc(-c3ccccc3)cc3c2[B]c2cccc4c5oc6ccccc6c5n-3c24)cc1. The number of hydrogen-bond acceptors (Lipinski definition) is 2. The normalized spacial score (nSPS) is 12.7. The van der Waals surface area contributed by atoms with Gasteiger partial charge in [0.25, 0.3) is 0 Å². The van der Waals surface area contributed by atoms with Crippen molar-refractivity contribution >= 4 is 73.3 Å². The van der Waals surface area contributed by atoms with Gasteiger partial charge in [0.2, 0.25) is 0 Å². The van der Waals surface area contributed by atoms with E-state index in [1.807, 2.05) is 0 Å². The van der Waals surface area contributed by atoms with Crippen LogP contribution in [-0.4, -0.2) is 11.8 Å². The van der Waals surface area contributed by atoms with Crippen molar-refractivity contribution < 1.29 is 4.42 Å². The quantitative estimate of drug-likeness (QED) is 0.163. The Labute approximate surface area is 304 Å². The number of benzene rings is 7. The van der Waals surface area contributed by atoms with Gasteiger partial charge in [-0.15, -0.1) is 0 Å². The van der Waals surface area contributed by atoms with E-state index >= 15 is 0 Å². The topological polar surface area (TPSA) is 30.1 Å². The maximum atomic E-state index is 6.62. The lowest BCUT2D eigenvalue weighted by Crippen LogP contribution is -2.37. The van der Waals surface area contributed by atoms with Crippen LogP contribution in [0.1, 0.15) is 44.6 Å². The molecule has 0 aliphatic carbocycles. The van der Waals surface area contributed by atoms with Crippen molar-refractivity contribution in [1.29, 1.82) is 0 Å². The second-order valence-corrected chi connectivity index (χ2v) is 14.3. The van der Waals surface area contributed by atoms with E-state index in [1.54, 1.807) is 0 Å². The predicted octanol–water partition coefficient (Wildman–Crippen LogP) is 12.0. The van der Waals surface area contributed by atoms with Gasteiger partial charge in [-0.3, -0.25) is 0 Å². The average molecular weight is 670 g/mol. The van der Waals surface area contributed by atoms with Gasteiger partial charge in [0.05, 0.1) is 5.52 Å². The van der Waals surface area contributed by atoms with E-state index in [4.69, 9.17) is 4.42 Å². The van der Waals surface area contributed by atoms with Crippen molar-refractivity contribution in [3.63, 3.8) is 0 Å². The van der Waals surface area contributed by atoms with Crippen LogP contribution in [0.25, 0.3) is 71.7 Å². The minimum Gasteiger partial charge on any atom is -0.454 e. The summed E-state index contributed by atoms with van der Waals surface area (Å²) >= 11 is 0. The molecule has 52 heavy (non-hydrogen) atoms. The highest BCUT2D eigenvalue weighted by Crippen LogP contribution is 2.43. The Morgan fingerprint density at radius 3 is 2.31 bits per heavy atom. The Bertz CT molecular complexity index is 2790. The van der Waals surface area contributed by atoms with Crippen LogP contribution in [0.2, 0.25) is 0 Å². The Morgan fingerprint density at radius 1 is 0.692 bits per heavy atom. The molecule has 2 aromatic heterocycles. The number of fused-ring (bicyclic) bond motifs is 8. The molecule has 249 valence electrons. The van der Waals surface area contributed by atoms with Gasteiger partial charge in [-0.1, -0.05) is 129 Å². The first kappa shape index (κ1) is 30.8. The molecular weight excluding hydrogens is 631 g/mol. The summed E-state index contributed by atoms with van der Waals surface area (Å²) in [6.07, 6.45) is 3.70. The van der Waals surface area contributed by atoms with Crippen molar-refractivity contribution in [3.05, 3.63) is 151 Å². The molecule has 10 rings (SSSR count). The third-order valence-corrected chi connectivity index (χ3v) is 11.1. The zero-order valence-electron chi connectivity index (χ0n) is 29.5. The lowest BCUT2D eigenvalue weighted by Gasteiger charge is -2.26. The molecule has 0 saturated heterocycles. The number of hydrogen-bond donors (Lipinski definition) is 1. The van der Waals surface area contributed by atoms with E-state index in [1.165, 1.54) is 74.3 Å². The molecule has 1 unspecified atom stereocenters. The molecule has 0 bridgehead atoms. The van der Waals surface area contributed by atoms with Crippen LogP contribution in [0.15, 0.2) is 150 Å². The van der Waals surface area contributed by atoms with Crippen LogP contribution < -0.4 is 16.2 Å². The molecule has 0 saturated carbocycles. The Hall–Kier alpha value is -6.00. The molecule has 1 N–H and O–H groups in total. The second kappa shape index (κ2) is 12.3. The van der Waals surface area contributed by atoms with Gasteiger partial charge in [-0.05, 0) is 99.4 Å². The summed E-state index contributed by atoms with van der Waals surface area (Å²) in [4.78, 5) is 0. The van der Waals surface area contributed by atoms with Crippen LogP contribution in [0.4, 0.5) is 11.4 Å². The fourth-order valence-corrected chi connectivity index (χ4v) is 8.43. The summed E-state index contributed by atoms with van der Waals surface area (Å²) in [5.41, 5.74) is 16.0. The van der Waals surface area contributed by atoms with Gasteiger partial charge in [0, 0.05) is 33.4 Å². The summed E-state index contributed by atoms with van der Waals surface area (Å²) in [5.74, 6) is 0.551. The molecule has 1 aliphatic rings. The number of furan rings is 1. The molecule has 1 atom stereocenters. The van der Waals surface area contributed by atoms with E-state index in [2.05, 4.69) is 177 Å². The van der Waals surface area contributed by atoms with Crippen LogP contribution in [-0.2, 0) is 0 Å². The van der Waals surface area contributed by atoms with E-state index in [0.29, 0.717) is 5.92 Å². The van der Waals surface area contributed by atoms with E-state index in [9.17, 15) is 0 Å². The van der Waals surface area contributed by atoms with Crippen LogP contribution in [0.5, 0.6) is 0 Å². The first-order valence-electron chi connectivity index (χ1n) is 18.6. The minimum atomic E-state index is 0.551. The molecule has 0 fully saturated rings. The molecule has 0 spiro atoms. The molecule has 0 amide bonds. The van der Waals surface area contributed by atoms with Crippen molar-refractivity contribution in [2.24, 2.45) is 0 Å². The highest BCUT2D eigenvalue weighted by molar-refractivity contribution is 6.73. The zero-order chi connectivity index (χ0) is 34.8. The molecule has 9 aromatic rings. The lowest BCUT2D eigenvalue weighted by molar-refractivity contribution is 0.624. The van der Waals surface area contributed by atoms with Gasteiger partial charge < -0.3 is 14.3 Å². The van der Waals surface area contributed by atoms with E-state index in [-0.39, 0.29) is 0 Å². The van der Waals surface area contributed by atoms with Gasteiger partial charge >= 0.3 is 0 Å². The van der Waals surface area contributed by atoms with Gasteiger partial charge in [-0.2, -0.15) is 0 Å². The molecule has 3 heterocycles. The van der Waals surface area contributed by atoms with Crippen molar-refractivity contribution in [3.8, 4) is 27.9 Å². The van der Waals surface area contributed by atoms with E-state index < -0.39 is 0 Å². The van der Waals surface area contributed by atoms with E-state index in [0.717, 1.165) is 44.5 Å².